The summed E-state index contributed by atoms with van der Waals surface area (Å²) in [5.41, 5.74) is 1.88. The first-order valence-corrected chi connectivity index (χ1v) is 12.0. The quantitative estimate of drug-likeness (QED) is 0.527. The Morgan fingerprint density at radius 1 is 1.00 bits per heavy atom. The molecule has 35 heavy (non-hydrogen) atoms. The van der Waals surface area contributed by atoms with Crippen molar-refractivity contribution in [1.82, 2.24) is 10.2 Å². The Bertz CT molecular complexity index is 1190. The van der Waals surface area contributed by atoms with Crippen LogP contribution in [-0.4, -0.2) is 53.8 Å². The van der Waals surface area contributed by atoms with Crippen LogP contribution in [0.25, 0.3) is 0 Å². The third-order valence-electron chi connectivity index (χ3n) is 7.52. The number of carbonyl (C=O) groups is 4. The zero-order valence-corrected chi connectivity index (χ0v) is 20.1. The van der Waals surface area contributed by atoms with E-state index in [9.17, 15) is 19.2 Å². The summed E-state index contributed by atoms with van der Waals surface area (Å²) >= 11 is 0. The van der Waals surface area contributed by atoms with E-state index in [0.29, 0.717) is 18.8 Å². The highest BCUT2D eigenvalue weighted by molar-refractivity contribution is 6.24. The number of benzene rings is 2. The minimum Gasteiger partial charge on any atom is -0.466 e. The first-order chi connectivity index (χ1) is 16.8. The second-order valence-electron chi connectivity index (χ2n) is 9.56. The zero-order chi connectivity index (χ0) is 24.9. The van der Waals surface area contributed by atoms with Crippen molar-refractivity contribution in [3.8, 4) is 0 Å². The molecule has 8 nitrogen and oxygen atoms in total. The molecule has 0 radical (unpaired) electrons. The van der Waals surface area contributed by atoms with Crippen LogP contribution in [0.4, 0.5) is 5.69 Å². The third-order valence-corrected chi connectivity index (χ3v) is 7.52. The number of aryl methyl sites for hydroxylation is 2. The highest BCUT2D eigenvalue weighted by Crippen LogP contribution is 2.57. The Morgan fingerprint density at radius 2 is 1.63 bits per heavy atom. The van der Waals surface area contributed by atoms with Gasteiger partial charge >= 0.3 is 5.97 Å². The van der Waals surface area contributed by atoms with E-state index in [-0.39, 0.29) is 18.9 Å². The first kappa shape index (κ1) is 23.2. The molecule has 8 heteroatoms. The number of fused-ring (bicyclic) bond motifs is 3. The number of amides is 3. The van der Waals surface area contributed by atoms with E-state index < -0.39 is 41.2 Å². The van der Waals surface area contributed by atoms with Gasteiger partial charge in [0, 0.05) is 19.1 Å². The van der Waals surface area contributed by atoms with Crippen LogP contribution in [0.1, 0.15) is 36.1 Å². The van der Waals surface area contributed by atoms with Crippen molar-refractivity contribution in [2.24, 2.45) is 11.8 Å². The van der Waals surface area contributed by atoms with Gasteiger partial charge in [-0.25, -0.2) is 4.90 Å². The summed E-state index contributed by atoms with van der Waals surface area (Å²) in [5, 5.41) is 2.86. The predicted molar refractivity (Wildman–Crippen MR) is 128 cm³/mol. The lowest BCUT2D eigenvalue weighted by atomic mass is 9.76. The SMILES string of the molecule is CCOC(=O)C[C@@]12C(=O)NCCN1[C@@H](c1ccc(C)cc1)[C@H]1C(=O)N(c3ccc(C)cc3)C(=O)[C@H]12. The molecule has 0 saturated carbocycles. The number of esters is 1. The van der Waals surface area contributed by atoms with Crippen LogP contribution in [0.15, 0.2) is 48.5 Å². The van der Waals surface area contributed by atoms with Gasteiger partial charge in [-0.2, -0.15) is 0 Å². The molecule has 3 saturated heterocycles. The summed E-state index contributed by atoms with van der Waals surface area (Å²) < 4.78 is 5.23. The summed E-state index contributed by atoms with van der Waals surface area (Å²) in [6, 6.07) is 14.4. The van der Waals surface area contributed by atoms with Crippen LogP contribution >= 0.6 is 0 Å². The maximum Gasteiger partial charge on any atom is 0.308 e. The Labute approximate surface area is 204 Å². The molecule has 3 amide bonds. The van der Waals surface area contributed by atoms with Crippen molar-refractivity contribution >= 4 is 29.4 Å². The van der Waals surface area contributed by atoms with E-state index in [1.807, 2.05) is 55.1 Å². The molecule has 0 unspecified atom stereocenters. The monoisotopic (exact) mass is 475 g/mol. The van der Waals surface area contributed by atoms with Crippen molar-refractivity contribution in [2.75, 3.05) is 24.6 Å². The molecule has 0 bridgehead atoms. The highest BCUT2D eigenvalue weighted by Gasteiger charge is 2.73. The van der Waals surface area contributed by atoms with Gasteiger partial charge in [0.15, 0.2) is 0 Å². The number of hydrogen-bond acceptors (Lipinski definition) is 6. The van der Waals surface area contributed by atoms with E-state index in [1.165, 1.54) is 4.90 Å². The van der Waals surface area contributed by atoms with Crippen LogP contribution in [0.2, 0.25) is 0 Å². The van der Waals surface area contributed by atoms with Crippen molar-refractivity contribution in [3.05, 3.63) is 65.2 Å². The second kappa shape index (κ2) is 8.61. The molecule has 182 valence electrons. The predicted octanol–water partition coefficient (Wildman–Crippen LogP) is 2.29. The smallest absolute Gasteiger partial charge is 0.308 e. The number of nitrogens with one attached hydrogen (secondary N) is 1. The maximum atomic E-state index is 14.0. The number of anilines is 1. The van der Waals surface area contributed by atoms with Crippen LogP contribution in [-0.2, 0) is 23.9 Å². The average molecular weight is 476 g/mol. The molecule has 0 spiro atoms. The average Bonchev–Trinajstić information content (AvgIpc) is 3.26. The second-order valence-corrected chi connectivity index (χ2v) is 9.56. The molecule has 3 fully saturated rings. The summed E-state index contributed by atoms with van der Waals surface area (Å²) in [5.74, 6) is -3.58. The fourth-order valence-electron chi connectivity index (χ4n) is 6.01. The Hall–Kier alpha value is -3.52. The number of imide groups is 1. The number of rotatable bonds is 5. The zero-order valence-electron chi connectivity index (χ0n) is 20.1. The van der Waals surface area contributed by atoms with Gasteiger partial charge in [0.05, 0.1) is 30.6 Å². The maximum absolute atomic E-state index is 14.0. The van der Waals surface area contributed by atoms with Gasteiger partial charge in [0.1, 0.15) is 5.54 Å². The Morgan fingerprint density at radius 3 is 2.26 bits per heavy atom. The summed E-state index contributed by atoms with van der Waals surface area (Å²) in [4.78, 5) is 57.5. The molecule has 3 aliphatic rings. The van der Waals surface area contributed by atoms with Crippen molar-refractivity contribution in [1.29, 1.82) is 0 Å². The number of ether oxygens (including phenoxy) is 1. The van der Waals surface area contributed by atoms with Crippen molar-refractivity contribution < 1.29 is 23.9 Å². The third kappa shape index (κ3) is 3.46. The van der Waals surface area contributed by atoms with Gasteiger partial charge in [-0.15, -0.1) is 0 Å². The van der Waals surface area contributed by atoms with E-state index >= 15 is 0 Å². The number of nitrogens with zero attached hydrogens (tertiary/aromatic N) is 2. The topological polar surface area (TPSA) is 96.0 Å². The molecule has 3 heterocycles. The Kier molecular flexibility index (Phi) is 5.71. The highest BCUT2D eigenvalue weighted by atomic mass is 16.5. The lowest BCUT2D eigenvalue weighted by molar-refractivity contribution is -0.156. The fraction of sp³-hybridized carbons (Fsp3) is 0.407. The molecule has 2 aromatic rings. The molecular formula is C27H29N3O5. The minimum absolute atomic E-state index is 0.161. The van der Waals surface area contributed by atoms with E-state index in [1.54, 1.807) is 19.1 Å². The van der Waals surface area contributed by atoms with E-state index in [4.69, 9.17) is 4.74 Å². The minimum atomic E-state index is -1.50. The van der Waals surface area contributed by atoms with Crippen LogP contribution in [0.3, 0.4) is 0 Å². The lowest BCUT2D eigenvalue weighted by Crippen LogP contribution is -2.67. The molecule has 4 atom stereocenters. The first-order valence-electron chi connectivity index (χ1n) is 12.0. The van der Waals surface area contributed by atoms with E-state index in [2.05, 4.69) is 5.32 Å². The normalized spacial score (nSPS) is 28.0. The molecule has 2 aromatic carbocycles. The van der Waals surface area contributed by atoms with E-state index in [0.717, 1.165) is 16.7 Å². The number of carbonyl (C=O) groups excluding carboxylic acids is 4. The van der Waals surface area contributed by atoms with Gasteiger partial charge in [0.25, 0.3) is 0 Å². The summed E-state index contributed by atoms with van der Waals surface area (Å²) in [6.07, 6.45) is -0.295. The van der Waals surface area contributed by atoms with Gasteiger partial charge < -0.3 is 10.1 Å². The molecule has 3 aliphatic heterocycles. The summed E-state index contributed by atoms with van der Waals surface area (Å²) in [7, 11) is 0. The molecular weight excluding hydrogens is 446 g/mol. The number of hydrogen-bond donors (Lipinski definition) is 1. The lowest BCUT2D eigenvalue weighted by Gasteiger charge is -2.45. The largest absolute Gasteiger partial charge is 0.466 e. The van der Waals surface area contributed by atoms with Crippen molar-refractivity contribution in [2.45, 2.75) is 38.8 Å². The van der Waals surface area contributed by atoms with Crippen LogP contribution < -0.4 is 10.2 Å². The molecule has 1 N–H and O–H groups in total. The van der Waals surface area contributed by atoms with Crippen molar-refractivity contribution in [3.63, 3.8) is 0 Å². The van der Waals surface area contributed by atoms with Gasteiger partial charge in [0.2, 0.25) is 17.7 Å². The van der Waals surface area contributed by atoms with Gasteiger partial charge in [-0.05, 0) is 38.5 Å². The van der Waals surface area contributed by atoms with Crippen LogP contribution in [0.5, 0.6) is 0 Å². The molecule has 0 aliphatic carbocycles. The summed E-state index contributed by atoms with van der Waals surface area (Å²) in [6.45, 7) is 6.55. The van der Waals surface area contributed by atoms with Gasteiger partial charge in [-0.3, -0.25) is 24.1 Å². The van der Waals surface area contributed by atoms with Crippen LogP contribution in [0, 0.1) is 25.7 Å². The standard InChI is InChI=1S/C27H29N3O5/c1-4-35-20(31)15-27-22-21(24(32)30(25(22)33)19-11-7-17(3)8-12-19)23(18-9-5-16(2)6-10-18)29(27)14-13-28-26(27)34/h5-12,21-23H,4,13-15H2,1-3H3,(H,28,34)/t21-,22-,23-,27+/m0/s1. The Balaban J connectivity index is 1.69. The molecule has 5 rings (SSSR count). The molecule has 0 aromatic heterocycles. The number of piperazine rings is 1. The fourth-order valence-corrected chi connectivity index (χ4v) is 6.01. The van der Waals surface area contributed by atoms with Gasteiger partial charge in [-0.1, -0.05) is 47.5 Å².